The van der Waals surface area contributed by atoms with Gasteiger partial charge < -0.3 is 10.4 Å². The van der Waals surface area contributed by atoms with Crippen molar-refractivity contribution in [2.24, 2.45) is 0 Å². The predicted octanol–water partition coefficient (Wildman–Crippen LogP) is 3.36. The van der Waals surface area contributed by atoms with Crippen LogP contribution in [0.3, 0.4) is 0 Å². The molecule has 0 fully saturated rings. The Morgan fingerprint density at radius 1 is 1.29 bits per heavy atom. The van der Waals surface area contributed by atoms with E-state index in [1.54, 1.807) is 0 Å². The summed E-state index contributed by atoms with van der Waals surface area (Å²) in [6.07, 6.45) is 1.12. The van der Waals surface area contributed by atoms with Crippen LogP contribution in [-0.2, 0) is 4.79 Å². The Kier molecular flexibility index (Phi) is 4.16. The van der Waals surface area contributed by atoms with Gasteiger partial charge in [0.15, 0.2) is 0 Å². The van der Waals surface area contributed by atoms with E-state index in [-0.39, 0.29) is 0 Å². The highest BCUT2D eigenvalue weighted by atomic mass is 16.4. The highest BCUT2D eigenvalue weighted by Gasteiger charge is 2.34. The van der Waals surface area contributed by atoms with Crippen molar-refractivity contribution in [1.82, 2.24) is 0 Å². The first kappa shape index (κ1) is 13.6. The van der Waals surface area contributed by atoms with Crippen LogP contribution in [0, 0.1) is 13.8 Å². The number of carboxylic acids is 1. The monoisotopic (exact) mass is 235 g/mol. The quantitative estimate of drug-likeness (QED) is 0.822. The second-order valence-electron chi connectivity index (χ2n) is 4.54. The lowest BCUT2D eigenvalue weighted by Crippen LogP contribution is -2.45. The third kappa shape index (κ3) is 2.78. The lowest BCUT2D eigenvalue weighted by Gasteiger charge is -2.30. The lowest BCUT2D eigenvalue weighted by molar-refractivity contribution is -0.142. The molecule has 1 rings (SSSR count). The highest BCUT2D eigenvalue weighted by molar-refractivity contribution is 5.83. The van der Waals surface area contributed by atoms with Crippen LogP contribution in [0.25, 0.3) is 0 Å². The number of benzene rings is 1. The van der Waals surface area contributed by atoms with E-state index in [1.807, 2.05) is 39.8 Å². The molecule has 1 aromatic rings. The molecule has 0 atom stereocenters. The Morgan fingerprint density at radius 2 is 1.88 bits per heavy atom. The van der Waals surface area contributed by atoms with E-state index < -0.39 is 11.5 Å². The molecule has 0 spiro atoms. The fraction of sp³-hybridized carbons (Fsp3) is 0.500. The Labute approximate surface area is 103 Å². The Balaban J connectivity index is 3.05. The van der Waals surface area contributed by atoms with Crippen LogP contribution >= 0.6 is 0 Å². The third-order valence-corrected chi connectivity index (χ3v) is 3.37. The summed E-state index contributed by atoms with van der Waals surface area (Å²) in [5.74, 6) is -0.789. The first-order valence-corrected chi connectivity index (χ1v) is 6.04. The van der Waals surface area contributed by atoms with Gasteiger partial charge in [-0.2, -0.15) is 0 Å². The Hall–Kier alpha value is -1.51. The molecule has 0 bridgehead atoms. The molecule has 0 heterocycles. The maximum absolute atomic E-state index is 11.4. The molecular formula is C14H21NO2. The molecule has 2 N–H and O–H groups in total. The zero-order valence-electron chi connectivity index (χ0n) is 11.0. The number of hydrogen-bond donors (Lipinski definition) is 2. The van der Waals surface area contributed by atoms with Crippen molar-refractivity contribution in [2.45, 2.75) is 46.1 Å². The molecule has 0 aliphatic heterocycles. The smallest absolute Gasteiger partial charge is 0.329 e. The molecule has 0 aliphatic carbocycles. The van der Waals surface area contributed by atoms with Gasteiger partial charge in [0.2, 0.25) is 0 Å². The molecule has 3 nitrogen and oxygen atoms in total. The van der Waals surface area contributed by atoms with Gasteiger partial charge >= 0.3 is 5.97 Å². The Morgan fingerprint density at radius 3 is 2.29 bits per heavy atom. The first-order chi connectivity index (χ1) is 7.95. The second kappa shape index (κ2) is 5.21. The van der Waals surface area contributed by atoms with Crippen LogP contribution in [0.4, 0.5) is 5.69 Å². The van der Waals surface area contributed by atoms with Gasteiger partial charge in [-0.1, -0.05) is 31.5 Å². The topological polar surface area (TPSA) is 49.3 Å². The van der Waals surface area contributed by atoms with Crippen molar-refractivity contribution in [2.75, 3.05) is 5.32 Å². The third-order valence-electron chi connectivity index (χ3n) is 3.37. The Bertz CT molecular complexity index is 409. The summed E-state index contributed by atoms with van der Waals surface area (Å²) in [4.78, 5) is 11.4. The molecule has 0 saturated carbocycles. The fourth-order valence-corrected chi connectivity index (χ4v) is 1.99. The molecule has 3 heteroatoms. The number of carboxylic acid groups (broad SMARTS) is 1. The summed E-state index contributed by atoms with van der Waals surface area (Å²) in [5, 5.41) is 12.6. The van der Waals surface area contributed by atoms with Crippen molar-refractivity contribution < 1.29 is 9.90 Å². The van der Waals surface area contributed by atoms with E-state index in [2.05, 4.69) is 11.4 Å². The number of aliphatic carboxylic acids is 1. The SMILES string of the molecule is CCC(CC)(Nc1ccc(C)cc1C)C(=O)O. The number of aryl methyl sites for hydroxylation is 2. The average molecular weight is 235 g/mol. The van der Waals surface area contributed by atoms with Crippen molar-refractivity contribution in [1.29, 1.82) is 0 Å². The van der Waals surface area contributed by atoms with Crippen LogP contribution in [0.15, 0.2) is 18.2 Å². The van der Waals surface area contributed by atoms with Crippen LogP contribution in [0.2, 0.25) is 0 Å². The highest BCUT2D eigenvalue weighted by Crippen LogP contribution is 2.25. The summed E-state index contributed by atoms with van der Waals surface area (Å²) in [6.45, 7) is 7.82. The van der Waals surface area contributed by atoms with Gasteiger partial charge in [0.1, 0.15) is 5.54 Å². The molecule has 0 aromatic heterocycles. The van der Waals surface area contributed by atoms with Gasteiger partial charge in [0, 0.05) is 5.69 Å². The molecule has 94 valence electrons. The van der Waals surface area contributed by atoms with Crippen LogP contribution in [0.5, 0.6) is 0 Å². The standard InChI is InChI=1S/C14H21NO2/c1-5-14(6-2,13(16)17)15-12-8-7-10(3)9-11(12)4/h7-9,15H,5-6H2,1-4H3,(H,16,17). The summed E-state index contributed by atoms with van der Waals surface area (Å²) >= 11 is 0. The van der Waals surface area contributed by atoms with E-state index in [1.165, 1.54) is 5.56 Å². The number of carbonyl (C=O) groups is 1. The van der Waals surface area contributed by atoms with Crippen LogP contribution in [0.1, 0.15) is 37.8 Å². The van der Waals surface area contributed by atoms with Gasteiger partial charge in [0.25, 0.3) is 0 Å². The normalized spacial score (nSPS) is 11.3. The molecule has 1 aromatic carbocycles. The number of anilines is 1. The van der Waals surface area contributed by atoms with E-state index in [0.29, 0.717) is 12.8 Å². The van der Waals surface area contributed by atoms with Crippen molar-refractivity contribution in [3.63, 3.8) is 0 Å². The minimum atomic E-state index is -0.861. The number of rotatable bonds is 5. The van der Waals surface area contributed by atoms with Gasteiger partial charge in [-0.3, -0.25) is 0 Å². The van der Waals surface area contributed by atoms with Crippen molar-refractivity contribution in [3.05, 3.63) is 29.3 Å². The molecule has 0 radical (unpaired) electrons. The summed E-state index contributed by atoms with van der Waals surface area (Å²) in [7, 11) is 0. The van der Waals surface area contributed by atoms with Gasteiger partial charge in [-0.05, 0) is 38.3 Å². The molecule has 0 unspecified atom stereocenters. The minimum absolute atomic E-state index is 0.562. The molecule has 0 aliphatic rings. The van der Waals surface area contributed by atoms with Gasteiger partial charge in [-0.25, -0.2) is 4.79 Å². The lowest BCUT2D eigenvalue weighted by atomic mass is 9.92. The van der Waals surface area contributed by atoms with E-state index >= 15 is 0 Å². The number of hydrogen-bond acceptors (Lipinski definition) is 2. The summed E-state index contributed by atoms with van der Waals surface area (Å²) in [5.41, 5.74) is 2.31. The first-order valence-electron chi connectivity index (χ1n) is 6.04. The summed E-state index contributed by atoms with van der Waals surface area (Å²) < 4.78 is 0. The molecule has 0 amide bonds. The fourth-order valence-electron chi connectivity index (χ4n) is 1.99. The van der Waals surface area contributed by atoms with Gasteiger partial charge in [-0.15, -0.1) is 0 Å². The minimum Gasteiger partial charge on any atom is -0.480 e. The van der Waals surface area contributed by atoms with Crippen LogP contribution < -0.4 is 5.32 Å². The zero-order chi connectivity index (χ0) is 13.1. The second-order valence-corrected chi connectivity index (χ2v) is 4.54. The predicted molar refractivity (Wildman–Crippen MR) is 70.5 cm³/mol. The largest absolute Gasteiger partial charge is 0.480 e. The number of nitrogens with one attached hydrogen (secondary N) is 1. The average Bonchev–Trinajstić information content (AvgIpc) is 2.28. The molecule has 17 heavy (non-hydrogen) atoms. The van der Waals surface area contributed by atoms with E-state index in [4.69, 9.17) is 0 Å². The maximum Gasteiger partial charge on any atom is 0.329 e. The van der Waals surface area contributed by atoms with Crippen LogP contribution in [-0.4, -0.2) is 16.6 Å². The van der Waals surface area contributed by atoms with E-state index in [9.17, 15) is 9.90 Å². The summed E-state index contributed by atoms with van der Waals surface area (Å²) in [6, 6.07) is 6.00. The van der Waals surface area contributed by atoms with E-state index in [0.717, 1.165) is 11.3 Å². The molecular weight excluding hydrogens is 214 g/mol. The van der Waals surface area contributed by atoms with Crippen molar-refractivity contribution in [3.8, 4) is 0 Å². The van der Waals surface area contributed by atoms with Gasteiger partial charge in [0.05, 0.1) is 0 Å². The maximum atomic E-state index is 11.4. The van der Waals surface area contributed by atoms with Crippen molar-refractivity contribution >= 4 is 11.7 Å². The molecule has 0 saturated heterocycles. The zero-order valence-corrected chi connectivity index (χ0v) is 11.0.